The minimum Gasteiger partial charge on any atom is -0.478 e. The van der Waals surface area contributed by atoms with E-state index in [9.17, 15) is 23.1 Å². The summed E-state index contributed by atoms with van der Waals surface area (Å²) in [5, 5.41) is 24.0. The molecule has 34 heavy (non-hydrogen) atoms. The number of carboxylic acids is 1. The van der Waals surface area contributed by atoms with Crippen LogP contribution in [0, 0.1) is 0 Å². The highest BCUT2D eigenvalue weighted by Crippen LogP contribution is 2.34. The molecule has 1 aliphatic heterocycles. The normalized spacial score (nSPS) is 13.1. The fourth-order valence-electron chi connectivity index (χ4n) is 3.70. The van der Waals surface area contributed by atoms with Crippen molar-refractivity contribution >= 4 is 51.1 Å². The maximum absolute atomic E-state index is 13.3. The number of nitrogens with zero attached hydrogens (tertiary/aromatic N) is 2. The summed E-state index contributed by atoms with van der Waals surface area (Å²) in [5.41, 5.74) is 1.50. The number of hydrogen-bond acceptors (Lipinski definition) is 6. The summed E-state index contributed by atoms with van der Waals surface area (Å²) in [6.07, 6.45) is 1.57. The fourth-order valence-corrected chi connectivity index (χ4v) is 5.45. The smallest absolute Gasteiger partial charge is 0.337 e. The first-order valence-electron chi connectivity index (χ1n) is 9.98. The fraction of sp³-hybridized carbons (Fsp3) is 0.0870. The Kier molecular flexibility index (Phi) is 6.27. The highest BCUT2D eigenvalue weighted by atomic mass is 35.5. The Morgan fingerprint density at radius 1 is 1.09 bits per heavy atom. The molecule has 3 aromatic rings. The van der Waals surface area contributed by atoms with E-state index in [1.807, 2.05) is 0 Å². The lowest BCUT2D eigenvalue weighted by Gasteiger charge is -2.20. The van der Waals surface area contributed by atoms with Gasteiger partial charge >= 0.3 is 5.97 Å². The molecule has 0 atom stereocenters. The number of anilines is 2. The third kappa shape index (κ3) is 4.45. The van der Waals surface area contributed by atoms with Crippen molar-refractivity contribution in [3.8, 4) is 0 Å². The third-order valence-electron chi connectivity index (χ3n) is 5.31. The van der Waals surface area contributed by atoms with Gasteiger partial charge in [0.05, 0.1) is 28.0 Å². The average Bonchev–Trinajstić information content (AvgIpc) is 3.24. The second kappa shape index (κ2) is 9.16. The van der Waals surface area contributed by atoms with Gasteiger partial charge in [-0.3, -0.25) is 9.10 Å². The van der Waals surface area contributed by atoms with Crippen molar-refractivity contribution in [1.82, 2.24) is 0 Å². The molecule has 3 aromatic carbocycles. The largest absolute Gasteiger partial charge is 0.478 e. The van der Waals surface area contributed by atoms with E-state index in [2.05, 4.69) is 10.5 Å². The summed E-state index contributed by atoms with van der Waals surface area (Å²) in [5.74, 6) is -1.98. The zero-order chi connectivity index (χ0) is 24.5. The molecule has 9 nitrogen and oxygen atoms in total. The topological polar surface area (TPSA) is 136 Å². The molecular weight excluding hydrogens is 482 g/mol. The van der Waals surface area contributed by atoms with E-state index in [4.69, 9.17) is 16.8 Å². The maximum atomic E-state index is 13.3. The maximum Gasteiger partial charge on any atom is 0.337 e. The molecule has 3 N–H and O–H groups in total. The van der Waals surface area contributed by atoms with Gasteiger partial charge in [-0.2, -0.15) is 0 Å². The van der Waals surface area contributed by atoms with Crippen molar-refractivity contribution in [2.45, 2.75) is 11.3 Å². The van der Waals surface area contributed by atoms with Crippen molar-refractivity contribution in [3.63, 3.8) is 0 Å². The van der Waals surface area contributed by atoms with Crippen LogP contribution in [-0.2, 0) is 16.4 Å². The number of halogens is 1. The molecule has 0 saturated heterocycles. The number of carbonyl (C=O) groups excluding carboxylic acids is 1. The second-order valence-corrected chi connectivity index (χ2v) is 9.74. The van der Waals surface area contributed by atoms with Crippen molar-refractivity contribution in [3.05, 3.63) is 87.9 Å². The number of carbonyl (C=O) groups is 2. The van der Waals surface area contributed by atoms with Crippen LogP contribution in [0.5, 0.6) is 0 Å². The molecule has 0 radical (unpaired) electrons. The SMILES string of the molecule is O=C(Nc1ccc(C=NO)cc1C(=O)O)c1cccc(S(=O)(=O)N2CCc3cc(Cl)ccc32)c1. The molecule has 0 bridgehead atoms. The first-order chi connectivity index (χ1) is 16.2. The Labute approximate surface area is 199 Å². The van der Waals surface area contributed by atoms with E-state index >= 15 is 0 Å². The molecule has 1 aliphatic rings. The number of rotatable bonds is 6. The molecule has 0 unspecified atom stereocenters. The van der Waals surface area contributed by atoms with Crippen molar-refractivity contribution in [1.29, 1.82) is 0 Å². The predicted molar refractivity (Wildman–Crippen MR) is 127 cm³/mol. The summed E-state index contributed by atoms with van der Waals surface area (Å²) in [6, 6.07) is 14.6. The summed E-state index contributed by atoms with van der Waals surface area (Å²) < 4.78 is 27.9. The van der Waals surface area contributed by atoms with Crippen LogP contribution >= 0.6 is 11.6 Å². The van der Waals surface area contributed by atoms with Crippen LogP contribution in [0.1, 0.15) is 31.8 Å². The van der Waals surface area contributed by atoms with Gasteiger partial charge < -0.3 is 15.6 Å². The molecule has 11 heteroatoms. The highest BCUT2D eigenvalue weighted by molar-refractivity contribution is 7.92. The van der Waals surface area contributed by atoms with Gasteiger partial charge in [-0.15, -0.1) is 0 Å². The van der Waals surface area contributed by atoms with E-state index in [1.54, 1.807) is 18.2 Å². The molecule has 0 aromatic heterocycles. The van der Waals surface area contributed by atoms with Gasteiger partial charge in [0.25, 0.3) is 15.9 Å². The van der Waals surface area contributed by atoms with E-state index < -0.39 is 21.9 Å². The van der Waals surface area contributed by atoms with Gasteiger partial charge in [-0.05, 0) is 66.1 Å². The van der Waals surface area contributed by atoms with Crippen LogP contribution in [0.2, 0.25) is 5.02 Å². The van der Waals surface area contributed by atoms with Gasteiger partial charge in [-0.1, -0.05) is 28.9 Å². The van der Waals surface area contributed by atoms with Crippen LogP contribution in [0.25, 0.3) is 0 Å². The Morgan fingerprint density at radius 3 is 2.62 bits per heavy atom. The summed E-state index contributed by atoms with van der Waals surface area (Å²) in [4.78, 5) is 24.4. The number of carboxylic acid groups (broad SMARTS) is 1. The molecule has 1 amide bonds. The number of nitrogens with one attached hydrogen (secondary N) is 1. The molecule has 4 rings (SSSR count). The van der Waals surface area contributed by atoms with Crippen LogP contribution in [0.15, 0.2) is 70.7 Å². The molecular formula is C23H18ClN3O6S. The van der Waals surface area contributed by atoms with Gasteiger partial charge in [0.15, 0.2) is 0 Å². The summed E-state index contributed by atoms with van der Waals surface area (Å²) in [7, 11) is -3.95. The highest BCUT2D eigenvalue weighted by Gasteiger charge is 2.31. The Morgan fingerprint density at radius 2 is 1.88 bits per heavy atom. The number of amides is 1. The molecule has 1 heterocycles. The number of aromatic carboxylic acids is 1. The zero-order valence-corrected chi connectivity index (χ0v) is 19.0. The van der Waals surface area contributed by atoms with Crippen molar-refractivity contribution in [2.75, 3.05) is 16.2 Å². The van der Waals surface area contributed by atoms with E-state index in [-0.39, 0.29) is 28.3 Å². The Balaban J connectivity index is 1.62. The van der Waals surface area contributed by atoms with Crippen LogP contribution < -0.4 is 9.62 Å². The van der Waals surface area contributed by atoms with E-state index in [0.717, 1.165) is 11.8 Å². The monoisotopic (exact) mass is 499 g/mol. The molecule has 174 valence electrons. The number of oxime groups is 1. The standard InChI is InChI=1S/C23H18ClN3O6S/c24-17-5-7-21-15(11-17)8-9-27(21)34(32,33)18-3-1-2-16(12-18)22(28)26-20-6-4-14(13-25-31)10-19(20)23(29)30/h1-7,10-13,31H,8-9H2,(H,26,28)(H,29,30). The first kappa shape index (κ1) is 23.3. The van der Waals surface area contributed by atoms with Gasteiger partial charge in [0.1, 0.15) is 0 Å². The summed E-state index contributed by atoms with van der Waals surface area (Å²) >= 11 is 6.01. The average molecular weight is 500 g/mol. The third-order valence-corrected chi connectivity index (χ3v) is 7.35. The lowest BCUT2D eigenvalue weighted by molar-refractivity contribution is 0.0698. The van der Waals surface area contributed by atoms with E-state index in [1.165, 1.54) is 46.8 Å². The van der Waals surface area contributed by atoms with Crippen LogP contribution in [-0.4, -0.2) is 43.4 Å². The van der Waals surface area contributed by atoms with Crippen LogP contribution in [0.3, 0.4) is 0 Å². The summed E-state index contributed by atoms with van der Waals surface area (Å²) in [6.45, 7) is 0.250. The zero-order valence-electron chi connectivity index (χ0n) is 17.5. The van der Waals surface area contributed by atoms with Crippen LogP contribution in [0.4, 0.5) is 11.4 Å². The van der Waals surface area contributed by atoms with E-state index in [0.29, 0.717) is 22.7 Å². The van der Waals surface area contributed by atoms with Gasteiger partial charge in [0.2, 0.25) is 0 Å². The van der Waals surface area contributed by atoms with Crippen molar-refractivity contribution in [2.24, 2.45) is 5.16 Å². The Hall–Kier alpha value is -3.89. The molecule has 0 aliphatic carbocycles. The molecule has 0 saturated carbocycles. The van der Waals surface area contributed by atoms with Gasteiger partial charge in [0, 0.05) is 17.1 Å². The minimum absolute atomic E-state index is 0.00574. The van der Waals surface area contributed by atoms with Gasteiger partial charge in [-0.25, -0.2) is 13.2 Å². The first-order valence-corrected chi connectivity index (χ1v) is 11.8. The minimum atomic E-state index is -3.95. The quantitative estimate of drug-likeness (QED) is 0.268. The number of hydrogen-bond donors (Lipinski definition) is 3. The Bertz CT molecular complexity index is 1440. The lowest BCUT2D eigenvalue weighted by Crippen LogP contribution is -2.29. The molecule has 0 fully saturated rings. The lowest BCUT2D eigenvalue weighted by atomic mass is 10.1. The second-order valence-electron chi connectivity index (χ2n) is 7.44. The molecule has 0 spiro atoms. The number of fused-ring (bicyclic) bond motifs is 1. The number of sulfonamides is 1. The predicted octanol–water partition coefficient (Wildman–Crippen LogP) is 3.85. The van der Waals surface area contributed by atoms with Crippen molar-refractivity contribution < 1.29 is 28.3 Å². The number of benzene rings is 3.